The second-order valence-corrected chi connectivity index (χ2v) is 7.06. The van der Waals surface area contributed by atoms with E-state index in [0.29, 0.717) is 11.6 Å². The Morgan fingerprint density at radius 2 is 1.93 bits per heavy atom. The van der Waals surface area contributed by atoms with E-state index in [0.717, 1.165) is 31.5 Å². The van der Waals surface area contributed by atoms with Crippen molar-refractivity contribution < 1.29 is 9.18 Å². The Labute approximate surface area is 158 Å². The Morgan fingerprint density at radius 1 is 1.26 bits per heavy atom. The van der Waals surface area contributed by atoms with Crippen molar-refractivity contribution in [3.8, 4) is 11.3 Å². The van der Waals surface area contributed by atoms with Gasteiger partial charge in [-0.3, -0.25) is 0 Å². The second kappa shape index (κ2) is 8.28. The molecule has 0 spiro atoms. The van der Waals surface area contributed by atoms with Crippen LogP contribution in [0.15, 0.2) is 30.5 Å². The molecular formula is C19H25FN6O. The molecule has 27 heavy (non-hydrogen) atoms. The molecule has 0 saturated carbocycles. The Kier molecular flexibility index (Phi) is 5.83. The quantitative estimate of drug-likeness (QED) is 0.893. The third-order valence-corrected chi connectivity index (χ3v) is 4.89. The third kappa shape index (κ3) is 4.69. The number of nitrogens with one attached hydrogen (secondary N) is 1. The number of anilines is 1. The van der Waals surface area contributed by atoms with Gasteiger partial charge in [0.1, 0.15) is 5.82 Å². The summed E-state index contributed by atoms with van der Waals surface area (Å²) in [6.45, 7) is 5.46. The molecule has 2 heterocycles. The first-order chi connectivity index (χ1) is 12.9. The van der Waals surface area contributed by atoms with Crippen LogP contribution in [0.1, 0.15) is 26.7 Å². The average Bonchev–Trinajstić information content (AvgIpc) is 2.68. The van der Waals surface area contributed by atoms with Crippen LogP contribution in [-0.4, -0.2) is 58.3 Å². The summed E-state index contributed by atoms with van der Waals surface area (Å²) in [5.74, 6) is 0.272. The number of aromatic nitrogens is 3. The second-order valence-electron chi connectivity index (χ2n) is 7.06. The van der Waals surface area contributed by atoms with Crippen molar-refractivity contribution >= 4 is 12.0 Å². The van der Waals surface area contributed by atoms with Gasteiger partial charge in [0.25, 0.3) is 0 Å². The number of hydrogen-bond donors (Lipinski definition) is 1. The predicted octanol–water partition coefficient (Wildman–Crippen LogP) is 2.70. The molecule has 2 amide bonds. The fourth-order valence-corrected chi connectivity index (χ4v) is 2.92. The molecule has 0 radical (unpaired) electrons. The largest absolute Gasteiger partial charge is 0.339 e. The number of piperidine rings is 1. The van der Waals surface area contributed by atoms with E-state index in [9.17, 15) is 9.18 Å². The molecule has 0 unspecified atom stereocenters. The number of amides is 2. The number of urea groups is 1. The molecule has 1 aliphatic rings. The highest BCUT2D eigenvalue weighted by Gasteiger charge is 2.24. The van der Waals surface area contributed by atoms with Crippen LogP contribution in [0.4, 0.5) is 15.1 Å². The van der Waals surface area contributed by atoms with E-state index in [1.54, 1.807) is 30.3 Å². The summed E-state index contributed by atoms with van der Waals surface area (Å²) < 4.78 is 13.1. The minimum Gasteiger partial charge on any atom is -0.339 e. The van der Waals surface area contributed by atoms with E-state index >= 15 is 0 Å². The Balaban J connectivity index is 1.60. The minimum atomic E-state index is -0.284. The maximum Gasteiger partial charge on any atom is 0.317 e. The molecule has 7 nitrogen and oxygen atoms in total. The van der Waals surface area contributed by atoms with Crippen LogP contribution in [0.5, 0.6) is 0 Å². The van der Waals surface area contributed by atoms with Gasteiger partial charge >= 0.3 is 6.03 Å². The fourth-order valence-electron chi connectivity index (χ4n) is 2.92. The van der Waals surface area contributed by atoms with Crippen molar-refractivity contribution in [2.45, 2.75) is 38.8 Å². The lowest BCUT2D eigenvalue weighted by Crippen LogP contribution is -2.50. The third-order valence-electron chi connectivity index (χ3n) is 4.89. The van der Waals surface area contributed by atoms with Crippen LogP contribution in [0.3, 0.4) is 0 Å². The van der Waals surface area contributed by atoms with Gasteiger partial charge in [0.15, 0.2) is 0 Å². The zero-order chi connectivity index (χ0) is 19.4. The van der Waals surface area contributed by atoms with Crippen molar-refractivity contribution in [2.75, 3.05) is 25.0 Å². The van der Waals surface area contributed by atoms with Crippen LogP contribution in [0.25, 0.3) is 11.3 Å². The molecule has 8 heteroatoms. The van der Waals surface area contributed by atoms with Crippen LogP contribution in [-0.2, 0) is 0 Å². The number of carbonyl (C=O) groups excluding carboxylic acids is 1. The molecule has 1 saturated heterocycles. The van der Waals surface area contributed by atoms with Crippen LogP contribution < -0.4 is 10.2 Å². The number of carbonyl (C=O) groups is 1. The van der Waals surface area contributed by atoms with E-state index in [2.05, 4.69) is 25.4 Å². The summed E-state index contributed by atoms with van der Waals surface area (Å²) in [7, 11) is 1.80. The van der Waals surface area contributed by atoms with Crippen molar-refractivity contribution in [1.82, 2.24) is 25.4 Å². The van der Waals surface area contributed by atoms with Crippen LogP contribution >= 0.6 is 0 Å². The summed E-state index contributed by atoms with van der Waals surface area (Å²) in [5.41, 5.74) is 1.46. The highest BCUT2D eigenvalue weighted by atomic mass is 19.1. The number of rotatable bonds is 4. The first-order valence-electron chi connectivity index (χ1n) is 9.18. The zero-order valence-corrected chi connectivity index (χ0v) is 15.9. The lowest BCUT2D eigenvalue weighted by atomic mass is 10.1. The van der Waals surface area contributed by atoms with Crippen LogP contribution in [0, 0.1) is 5.82 Å². The maximum absolute atomic E-state index is 13.1. The van der Waals surface area contributed by atoms with Crippen molar-refractivity contribution in [2.24, 2.45) is 0 Å². The summed E-state index contributed by atoms with van der Waals surface area (Å²) in [5, 5.41) is 11.3. The van der Waals surface area contributed by atoms with Gasteiger partial charge < -0.3 is 15.1 Å². The van der Waals surface area contributed by atoms with Crippen molar-refractivity contribution in [3.63, 3.8) is 0 Å². The molecule has 1 fully saturated rings. The molecule has 1 aromatic heterocycles. The maximum atomic E-state index is 13.1. The molecular weight excluding hydrogens is 347 g/mol. The number of halogens is 1. The molecule has 144 valence electrons. The number of hydrogen-bond acceptors (Lipinski definition) is 5. The Morgan fingerprint density at radius 3 is 2.56 bits per heavy atom. The van der Waals surface area contributed by atoms with Gasteiger partial charge in [-0.2, -0.15) is 5.10 Å². The molecule has 3 rings (SSSR count). The topological polar surface area (TPSA) is 74.2 Å². The molecule has 0 atom stereocenters. The molecule has 2 aromatic rings. The van der Waals surface area contributed by atoms with E-state index in [-0.39, 0.29) is 23.9 Å². The Hall–Kier alpha value is -2.77. The average molecular weight is 372 g/mol. The van der Waals surface area contributed by atoms with Gasteiger partial charge in [0, 0.05) is 37.8 Å². The predicted molar refractivity (Wildman–Crippen MR) is 102 cm³/mol. The van der Waals surface area contributed by atoms with Gasteiger partial charge in [-0.05, 0) is 51.0 Å². The Bertz CT molecular complexity index is 774. The molecule has 1 aromatic carbocycles. The highest BCUT2D eigenvalue weighted by molar-refractivity contribution is 5.74. The van der Waals surface area contributed by atoms with Crippen molar-refractivity contribution in [3.05, 3.63) is 36.3 Å². The SMILES string of the molecule is CC(C)N(C)C(=O)NC1CCN(c2nncc(-c3ccc(F)cc3)n2)CC1. The molecule has 1 aliphatic heterocycles. The lowest BCUT2D eigenvalue weighted by molar-refractivity contribution is 0.191. The smallest absolute Gasteiger partial charge is 0.317 e. The summed E-state index contributed by atoms with van der Waals surface area (Å²) >= 11 is 0. The van der Waals surface area contributed by atoms with Crippen molar-refractivity contribution in [1.29, 1.82) is 0 Å². The van der Waals surface area contributed by atoms with E-state index in [4.69, 9.17) is 0 Å². The monoisotopic (exact) mass is 372 g/mol. The van der Waals surface area contributed by atoms with E-state index in [1.807, 2.05) is 13.8 Å². The van der Waals surface area contributed by atoms with Gasteiger partial charge in [-0.1, -0.05) is 0 Å². The first-order valence-corrected chi connectivity index (χ1v) is 9.18. The summed E-state index contributed by atoms with van der Waals surface area (Å²) in [6, 6.07) is 6.42. The van der Waals surface area contributed by atoms with E-state index in [1.165, 1.54) is 12.1 Å². The summed E-state index contributed by atoms with van der Waals surface area (Å²) in [4.78, 5) is 20.5. The highest BCUT2D eigenvalue weighted by Crippen LogP contribution is 2.21. The minimum absolute atomic E-state index is 0.0420. The molecule has 0 aliphatic carbocycles. The molecule has 1 N–H and O–H groups in total. The van der Waals surface area contributed by atoms with Gasteiger partial charge in [-0.15, -0.1) is 5.10 Å². The number of nitrogens with zero attached hydrogens (tertiary/aromatic N) is 5. The van der Waals surface area contributed by atoms with Crippen LogP contribution in [0.2, 0.25) is 0 Å². The zero-order valence-electron chi connectivity index (χ0n) is 15.9. The fraction of sp³-hybridized carbons (Fsp3) is 0.474. The van der Waals surface area contributed by atoms with Gasteiger partial charge in [-0.25, -0.2) is 14.2 Å². The lowest BCUT2D eigenvalue weighted by Gasteiger charge is -2.33. The van der Waals surface area contributed by atoms with E-state index < -0.39 is 0 Å². The van der Waals surface area contributed by atoms with Gasteiger partial charge in [0.05, 0.1) is 11.9 Å². The summed E-state index contributed by atoms with van der Waals surface area (Å²) in [6.07, 6.45) is 3.22. The number of benzene rings is 1. The molecule has 0 bridgehead atoms. The standard InChI is InChI=1S/C19H25FN6O/c1-13(2)25(3)19(27)22-16-8-10-26(11-9-16)18-23-17(12-21-24-18)14-4-6-15(20)7-5-14/h4-7,12-13,16H,8-11H2,1-3H3,(H,22,27). The first kappa shape index (κ1) is 19.0. The van der Waals surface area contributed by atoms with Gasteiger partial charge in [0.2, 0.25) is 5.95 Å². The normalized spacial score (nSPS) is 15.1.